The summed E-state index contributed by atoms with van der Waals surface area (Å²) in [6.07, 6.45) is 0. The Kier molecular flexibility index (Phi) is 7.95. The van der Waals surface area contributed by atoms with E-state index in [-0.39, 0.29) is 0 Å². The number of hydrogen-bond donors (Lipinski definition) is 1. The van der Waals surface area contributed by atoms with Crippen LogP contribution in [-0.4, -0.2) is 5.11 Å². The summed E-state index contributed by atoms with van der Waals surface area (Å²) >= 11 is 0. The van der Waals surface area contributed by atoms with Crippen LogP contribution in [0.4, 0.5) is 17.1 Å². The predicted octanol–water partition coefficient (Wildman–Crippen LogP) is 14.3. The molecule has 11 rings (SSSR count). The molecule has 58 heavy (non-hydrogen) atoms. The van der Waals surface area contributed by atoms with Gasteiger partial charge in [-0.15, -0.1) is 0 Å². The van der Waals surface area contributed by atoms with E-state index in [1.807, 2.05) is 48.5 Å². The number of benzene rings is 9. The molecular weight excluding hydrogens is 707 g/mol. The van der Waals surface area contributed by atoms with Crippen molar-refractivity contribution in [2.75, 3.05) is 4.90 Å². The van der Waals surface area contributed by atoms with Gasteiger partial charge in [-0.1, -0.05) is 182 Å². The first-order valence-electron chi connectivity index (χ1n) is 19.7. The minimum absolute atomic E-state index is 0.792. The fraction of sp³-hybridized carbons (Fsp3) is 0.0182. The number of hydrogen-bond acceptors (Lipinski definition) is 3. The lowest BCUT2D eigenvalue weighted by atomic mass is 9.79. The molecule has 1 atom stereocenters. The van der Waals surface area contributed by atoms with Gasteiger partial charge in [-0.05, 0) is 75.3 Å². The number of nitrogens with zero attached hydrogens (tertiary/aromatic N) is 1. The second-order valence-electron chi connectivity index (χ2n) is 14.9. The molecule has 0 aliphatic heterocycles. The first kappa shape index (κ1) is 33.8. The van der Waals surface area contributed by atoms with E-state index in [0.29, 0.717) is 0 Å². The third-order valence-corrected chi connectivity index (χ3v) is 11.7. The summed E-state index contributed by atoms with van der Waals surface area (Å²) in [5.74, 6) is 0. The molecule has 0 saturated heterocycles. The van der Waals surface area contributed by atoms with Crippen LogP contribution in [0.2, 0.25) is 0 Å². The van der Waals surface area contributed by atoms with Gasteiger partial charge in [0, 0.05) is 44.4 Å². The van der Waals surface area contributed by atoms with Crippen LogP contribution in [0.5, 0.6) is 0 Å². The SMILES string of the molecule is OC1(c2ccccc2-c2cccc3c2oc2ccccc23)c2ccccc2-c2cccc(N(c3ccc(-c4ccccc4)cc3)c3ccc(-c4ccccc4)cc3)c21. The molecule has 0 amide bonds. The molecule has 0 spiro atoms. The van der Waals surface area contributed by atoms with Gasteiger partial charge in [-0.2, -0.15) is 0 Å². The Labute approximate surface area is 337 Å². The summed E-state index contributed by atoms with van der Waals surface area (Å²) in [5, 5.41) is 16.1. The van der Waals surface area contributed by atoms with Crippen LogP contribution in [0.1, 0.15) is 16.7 Å². The van der Waals surface area contributed by atoms with Crippen LogP contribution >= 0.6 is 0 Å². The topological polar surface area (TPSA) is 36.6 Å². The summed E-state index contributed by atoms with van der Waals surface area (Å²) in [4.78, 5) is 2.29. The largest absolute Gasteiger partial charge is 0.455 e. The van der Waals surface area contributed by atoms with Crippen LogP contribution in [0.15, 0.2) is 223 Å². The number of aliphatic hydroxyl groups is 1. The van der Waals surface area contributed by atoms with Crippen molar-refractivity contribution in [1.82, 2.24) is 0 Å². The van der Waals surface area contributed by atoms with Gasteiger partial charge >= 0.3 is 0 Å². The standard InChI is InChI=1S/C55H37NO2/c57-55(50-26-11-8-20-44(50)47-23-13-24-48-45-21-9-12-28-52(45)58-54(47)48)49-25-10-7-19-43(49)46-22-14-27-51(53(46)55)56(41-33-29-39(30-34-41)37-15-3-1-4-16-37)42-35-31-40(32-36-42)38-17-5-2-6-18-38/h1-36,57H. The molecule has 1 N–H and O–H groups in total. The number of fused-ring (bicyclic) bond motifs is 6. The lowest BCUT2D eigenvalue weighted by Gasteiger charge is -2.34. The molecular formula is C55H37NO2. The molecule has 1 heterocycles. The Bertz CT molecular complexity index is 3030. The van der Waals surface area contributed by atoms with Gasteiger partial charge in [0.2, 0.25) is 0 Å². The lowest BCUT2D eigenvalue weighted by Crippen LogP contribution is -2.29. The summed E-state index contributed by atoms with van der Waals surface area (Å²) in [6.45, 7) is 0. The van der Waals surface area contributed by atoms with E-state index in [9.17, 15) is 5.11 Å². The van der Waals surface area contributed by atoms with Gasteiger partial charge in [0.1, 0.15) is 16.8 Å². The molecule has 0 fully saturated rings. The van der Waals surface area contributed by atoms with E-state index in [1.54, 1.807) is 0 Å². The third kappa shape index (κ3) is 5.32. The molecule has 3 nitrogen and oxygen atoms in total. The average molecular weight is 744 g/mol. The van der Waals surface area contributed by atoms with E-state index in [1.165, 1.54) is 0 Å². The quantitative estimate of drug-likeness (QED) is 0.177. The van der Waals surface area contributed by atoms with Crippen molar-refractivity contribution in [3.63, 3.8) is 0 Å². The van der Waals surface area contributed by atoms with Gasteiger partial charge in [0.05, 0.1) is 5.69 Å². The van der Waals surface area contributed by atoms with E-state index < -0.39 is 5.60 Å². The predicted molar refractivity (Wildman–Crippen MR) is 239 cm³/mol. The molecule has 1 aliphatic rings. The van der Waals surface area contributed by atoms with Gasteiger partial charge in [0.15, 0.2) is 0 Å². The molecule has 274 valence electrons. The van der Waals surface area contributed by atoms with Crippen LogP contribution in [-0.2, 0) is 5.60 Å². The maximum atomic E-state index is 14.0. The minimum atomic E-state index is -1.53. The van der Waals surface area contributed by atoms with Crippen molar-refractivity contribution in [3.8, 4) is 44.5 Å². The van der Waals surface area contributed by atoms with E-state index >= 15 is 0 Å². The first-order chi connectivity index (χ1) is 28.7. The smallest absolute Gasteiger partial charge is 0.144 e. The first-order valence-corrected chi connectivity index (χ1v) is 19.7. The normalized spacial score (nSPS) is 14.4. The second kappa shape index (κ2) is 13.6. The molecule has 0 radical (unpaired) electrons. The zero-order chi connectivity index (χ0) is 38.6. The third-order valence-electron chi connectivity index (χ3n) is 11.7. The van der Waals surface area contributed by atoms with Crippen molar-refractivity contribution in [3.05, 3.63) is 235 Å². The summed E-state index contributed by atoms with van der Waals surface area (Å²) in [6, 6.07) is 75.8. The van der Waals surface area contributed by atoms with Crippen molar-refractivity contribution in [2.24, 2.45) is 0 Å². The number of para-hydroxylation sites is 2. The van der Waals surface area contributed by atoms with Crippen LogP contribution in [0, 0.1) is 0 Å². The molecule has 1 aliphatic carbocycles. The highest BCUT2D eigenvalue weighted by Crippen LogP contribution is 2.57. The fourth-order valence-corrected chi connectivity index (χ4v) is 9.07. The van der Waals surface area contributed by atoms with Gasteiger partial charge in [0.25, 0.3) is 0 Å². The number of furan rings is 1. The highest BCUT2D eigenvalue weighted by Gasteiger charge is 2.47. The molecule has 10 aromatic rings. The Balaban J connectivity index is 1.15. The summed E-state index contributed by atoms with van der Waals surface area (Å²) < 4.78 is 6.60. The summed E-state index contributed by atoms with van der Waals surface area (Å²) in [7, 11) is 0. The van der Waals surface area contributed by atoms with Gasteiger partial charge in [-0.3, -0.25) is 0 Å². The maximum absolute atomic E-state index is 14.0. The maximum Gasteiger partial charge on any atom is 0.144 e. The van der Waals surface area contributed by atoms with Crippen LogP contribution in [0.25, 0.3) is 66.4 Å². The molecule has 0 saturated carbocycles. The zero-order valence-electron chi connectivity index (χ0n) is 31.6. The van der Waals surface area contributed by atoms with E-state index in [0.717, 1.165) is 100 Å². The Morgan fingerprint density at radius 2 is 0.810 bits per heavy atom. The van der Waals surface area contributed by atoms with Crippen molar-refractivity contribution < 1.29 is 9.52 Å². The minimum Gasteiger partial charge on any atom is -0.455 e. The molecule has 3 heteroatoms. The number of anilines is 3. The van der Waals surface area contributed by atoms with Crippen molar-refractivity contribution in [1.29, 1.82) is 0 Å². The Morgan fingerprint density at radius 1 is 0.362 bits per heavy atom. The van der Waals surface area contributed by atoms with Crippen LogP contribution < -0.4 is 4.90 Å². The molecule has 0 bridgehead atoms. The van der Waals surface area contributed by atoms with E-state index in [4.69, 9.17) is 4.42 Å². The summed E-state index contributed by atoms with van der Waals surface area (Å²) in [5.41, 5.74) is 13.9. The highest BCUT2D eigenvalue weighted by molar-refractivity contribution is 6.10. The van der Waals surface area contributed by atoms with Crippen molar-refractivity contribution >= 4 is 39.0 Å². The monoisotopic (exact) mass is 743 g/mol. The zero-order valence-corrected chi connectivity index (χ0v) is 31.6. The highest BCUT2D eigenvalue weighted by atomic mass is 16.3. The molecule has 1 unspecified atom stereocenters. The lowest BCUT2D eigenvalue weighted by molar-refractivity contribution is 0.132. The average Bonchev–Trinajstić information content (AvgIpc) is 3.81. The van der Waals surface area contributed by atoms with Crippen LogP contribution in [0.3, 0.4) is 0 Å². The van der Waals surface area contributed by atoms with Crippen molar-refractivity contribution in [2.45, 2.75) is 5.60 Å². The second-order valence-corrected chi connectivity index (χ2v) is 14.9. The van der Waals surface area contributed by atoms with Gasteiger partial charge in [-0.25, -0.2) is 0 Å². The Hall–Kier alpha value is -7.46. The van der Waals surface area contributed by atoms with Gasteiger partial charge < -0.3 is 14.4 Å². The number of rotatable bonds is 7. The molecule has 9 aromatic carbocycles. The van der Waals surface area contributed by atoms with E-state index in [2.05, 4.69) is 175 Å². The fourth-order valence-electron chi connectivity index (χ4n) is 9.07. The molecule has 1 aromatic heterocycles. The Morgan fingerprint density at radius 3 is 1.43 bits per heavy atom.